The Labute approximate surface area is 122 Å². The van der Waals surface area contributed by atoms with Crippen LogP contribution in [0.5, 0.6) is 0 Å². The second-order valence-corrected chi connectivity index (χ2v) is 6.36. The fourth-order valence-electron chi connectivity index (χ4n) is 2.69. The van der Waals surface area contributed by atoms with Gasteiger partial charge in [0.25, 0.3) is 0 Å². The topological polar surface area (TPSA) is 46.9 Å². The number of carbonyl (C=O) groups excluding carboxylic acids is 1. The van der Waals surface area contributed by atoms with E-state index >= 15 is 0 Å². The van der Waals surface area contributed by atoms with Gasteiger partial charge in [0, 0.05) is 30.0 Å². The Morgan fingerprint density at radius 1 is 1.55 bits per heavy atom. The predicted octanol–water partition coefficient (Wildman–Crippen LogP) is 2.70. The van der Waals surface area contributed by atoms with Crippen molar-refractivity contribution in [2.45, 2.75) is 39.3 Å². The third-order valence-corrected chi connectivity index (χ3v) is 4.36. The van der Waals surface area contributed by atoms with Crippen LogP contribution in [-0.2, 0) is 17.8 Å². The molecule has 2 aromatic heterocycles. The molecule has 1 unspecified atom stereocenters. The average Bonchev–Trinajstić information content (AvgIpc) is 3.05. The zero-order chi connectivity index (χ0) is 14.1. The number of thiophene rings is 1. The number of aromatic nitrogens is 2. The summed E-state index contributed by atoms with van der Waals surface area (Å²) in [5.74, 6) is 1.31. The molecule has 20 heavy (non-hydrogen) atoms. The Morgan fingerprint density at radius 2 is 2.40 bits per heavy atom. The summed E-state index contributed by atoms with van der Waals surface area (Å²) in [5, 5.41) is 7.22. The van der Waals surface area contributed by atoms with E-state index in [4.69, 9.17) is 0 Å². The van der Waals surface area contributed by atoms with Crippen molar-refractivity contribution in [2.24, 2.45) is 5.92 Å². The molecule has 1 aliphatic heterocycles. The molecule has 1 amide bonds. The second-order valence-electron chi connectivity index (χ2n) is 5.58. The Bertz CT molecular complexity index is 601. The van der Waals surface area contributed by atoms with Crippen molar-refractivity contribution in [3.05, 3.63) is 28.8 Å². The van der Waals surface area contributed by atoms with Crippen LogP contribution in [0.3, 0.4) is 0 Å². The Morgan fingerprint density at radius 3 is 3.10 bits per heavy atom. The van der Waals surface area contributed by atoms with E-state index in [0.29, 0.717) is 0 Å². The third kappa shape index (κ3) is 2.50. The maximum atomic E-state index is 12.2. The van der Waals surface area contributed by atoms with Crippen molar-refractivity contribution >= 4 is 17.2 Å². The van der Waals surface area contributed by atoms with E-state index in [-0.39, 0.29) is 17.9 Å². The predicted molar refractivity (Wildman–Crippen MR) is 80.6 cm³/mol. The first-order valence-electron chi connectivity index (χ1n) is 7.02. The van der Waals surface area contributed by atoms with Gasteiger partial charge in [-0.05, 0) is 31.7 Å². The van der Waals surface area contributed by atoms with Gasteiger partial charge in [-0.3, -0.25) is 4.79 Å². The van der Waals surface area contributed by atoms with E-state index in [1.54, 1.807) is 11.3 Å². The lowest BCUT2D eigenvalue weighted by molar-refractivity contribution is -0.126. The van der Waals surface area contributed by atoms with E-state index in [9.17, 15) is 4.79 Å². The molecule has 3 heterocycles. The number of nitrogens with one attached hydrogen (secondary N) is 1. The number of rotatable bonds is 3. The summed E-state index contributed by atoms with van der Waals surface area (Å²) < 4.78 is 2.20. The Balaban J connectivity index is 1.83. The summed E-state index contributed by atoms with van der Waals surface area (Å²) in [6, 6.07) is 2.30. The van der Waals surface area contributed by atoms with Crippen LogP contribution in [0.15, 0.2) is 23.0 Å². The fraction of sp³-hybridized carbons (Fsp3) is 0.467. The maximum Gasteiger partial charge on any atom is 0.225 e. The molecule has 3 rings (SSSR count). The summed E-state index contributed by atoms with van der Waals surface area (Å²) in [7, 11) is 0. The van der Waals surface area contributed by atoms with Gasteiger partial charge in [-0.2, -0.15) is 11.3 Å². The zero-order valence-corrected chi connectivity index (χ0v) is 12.6. The monoisotopic (exact) mass is 289 g/mol. The highest BCUT2D eigenvalue weighted by molar-refractivity contribution is 7.08. The molecule has 0 fully saturated rings. The summed E-state index contributed by atoms with van der Waals surface area (Å²) in [4.78, 5) is 16.7. The highest BCUT2D eigenvalue weighted by Crippen LogP contribution is 2.28. The summed E-state index contributed by atoms with van der Waals surface area (Å²) >= 11 is 1.68. The van der Waals surface area contributed by atoms with Crippen LogP contribution in [0.2, 0.25) is 0 Å². The van der Waals surface area contributed by atoms with E-state index in [1.165, 1.54) is 5.56 Å². The van der Waals surface area contributed by atoms with Crippen molar-refractivity contribution in [3.8, 4) is 11.3 Å². The lowest BCUT2D eigenvalue weighted by Gasteiger charge is -2.25. The molecule has 0 bridgehead atoms. The first kappa shape index (κ1) is 13.4. The molecule has 1 atom stereocenters. The highest BCUT2D eigenvalue weighted by atomic mass is 32.1. The summed E-state index contributed by atoms with van der Waals surface area (Å²) in [6.45, 7) is 4.74. The molecule has 0 radical (unpaired) electrons. The highest BCUT2D eigenvalue weighted by Gasteiger charge is 2.27. The minimum atomic E-state index is 0.0523. The first-order chi connectivity index (χ1) is 9.65. The van der Waals surface area contributed by atoms with Crippen LogP contribution in [0.4, 0.5) is 0 Å². The molecular weight excluding hydrogens is 270 g/mol. The third-order valence-electron chi connectivity index (χ3n) is 3.68. The van der Waals surface area contributed by atoms with Crippen molar-refractivity contribution in [3.63, 3.8) is 0 Å². The van der Waals surface area contributed by atoms with Crippen molar-refractivity contribution < 1.29 is 4.79 Å². The number of amides is 1. The Kier molecular flexibility index (Phi) is 3.61. The molecule has 5 heteroatoms. The largest absolute Gasteiger partial charge is 0.354 e. The molecule has 4 nitrogen and oxygen atoms in total. The van der Waals surface area contributed by atoms with E-state index in [1.807, 2.05) is 20.0 Å². The standard InChI is InChI=1S/C15H19N3OS/c1-10(2)17-15(19)11-3-4-14-16-7-13(18(14)8-11)12-5-6-20-9-12/h5-7,9-11H,3-4,8H2,1-2H3,(H,17,19). The molecule has 0 saturated heterocycles. The summed E-state index contributed by atoms with van der Waals surface area (Å²) in [5.41, 5.74) is 2.32. The second kappa shape index (κ2) is 5.40. The van der Waals surface area contributed by atoms with Gasteiger partial charge >= 0.3 is 0 Å². The van der Waals surface area contributed by atoms with Crippen LogP contribution in [0.1, 0.15) is 26.1 Å². The quantitative estimate of drug-likeness (QED) is 0.944. The SMILES string of the molecule is CC(C)NC(=O)C1CCc2ncc(-c3ccsc3)n2C1. The number of nitrogens with zero attached hydrogens (tertiary/aromatic N) is 2. The molecular formula is C15H19N3OS. The van der Waals surface area contributed by atoms with Gasteiger partial charge in [0.2, 0.25) is 5.91 Å². The van der Waals surface area contributed by atoms with Gasteiger partial charge in [0.15, 0.2) is 0 Å². The number of aryl methyl sites for hydroxylation is 1. The minimum absolute atomic E-state index is 0.0523. The van der Waals surface area contributed by atoms with Gasteiger partial charge in [0.05, 0.1) is 17.8 Å². The fourth-order valence-corrected chi connectivity index (χ4v) is 3.34. The number of hydrogen-bond donors (Lipinski definition) is 1. The molecule has 0 aliphatic carbocycles. The van der Waals surface area contributed by atoms with Crippen LogP contribution in [0, 0.1) is 5.92 Å². The van der Waals surface area contributed by atoms with E-state index in [0.717, 1.165) is 30.9 Å². The van der Waals surface area contributed by atoms with E-state index < -0.39 is 0 Å². The lowest BCUT2D eigenvalue weighted by Crippen LogP contribution is -2.39. The molecule has 0 spiro atoms. The maximum absolute atomic E-state index is 12.2. The molecule has 1 N–H and O–H groups in total. The number of fused-ring (bicyclic) bond motifs is 1. The van der Waals surface area contributed by atoms with Gasteiger partial charge < -0.3 is 9.88 Å². The number of carbonyl (C=O) groups is 1. The van der Waals surface area contributed by atoms with Crippen molar-refractivity contribution in [1.82, 2.24) is 14.9 Å². The first-order valence-corrected chi connectivity index (χ1v) is 7.97. The molecule has 0 aromatic carbocycles. The molecule has 2 aromatic rings. The minimum Gasteiger partial charge on any atom is -0.354 e. The van der Waals surface area contributed by atoms with Gasteiger partial charge in [-0.1, -0.05) is 0 Å². The average molecular weight is 289 g/mol. The zero-order valence-electron chi connectivity index (χ0n) is 11.8. The Hall–Kier alpha value is -1.62. The van der Waals surface area contributed by atoms with Gasteiger partial charge in [-0.15, -0.1) is 0 Å². The van der Waals surface area contributed by atoms with E-state index in [2.05, 4.69) is 31.7 Å². The normalized spacial score (nSPS) is 18.1. The van der Waals surface area contributed by atoms with Crippen molar-refractivity contribution in [1.29, 1.82) is 0 Å². The lowest BCUT2D eigenvalue weighted by atomic mass is 9.98. The molecule has 0 saturated carbocycles. The summed E-state index contributed by atoms with van der Waals surface area (Å²) in [6.07, 6.45) is 3.69. The molecule has 106 valence electrons. The van der Waals surface area contributed by atoms with Gasteiger partial charge in [0.1, 0.15) is 5.82 Å². The smallest absolute Gasteiger partial charge is 0.225 e. The van der Waals surface area contributed by atoms with Crippen LogP contribution >= 0.6 is 11.3 Å². The molecule has 1 aliphatic rings. The van der Waals surface area contributed by atoms with Gasteiger partial charge in [-0.25, -0.2) is 4.98 Å². The number of imidazole rings is 1. The number of hydrogen-bond acceptors (Lipinski definition) is 3. The van der Waals surface area contributed by atoms with Crippen LogP contribution in [0.25, 0.3) is 11.3 Å². The van der Waals surface area contributed by atoms with Crippen LogP contribution in [-0.4, -0.2) is 21.5 Å². The van der Waals surface area contributed by atoms with Crippen molar-refractivity contribution in [2.75, 3.05) is 0 Å². The van der Waals surface area contributed by atoms with Crippen LogP contribution < -0.4 is 5.32 Å².